The van der Waals surface area contributed by atoms with E-state index in [-0.39, 0.29) is 5.69 Å². The molecule has 0 bridgehead atoms. The van der Waals surface area contributed by atoms with Crippen LogP contribution in [-0.2, 0) is 13.6 Å². The van der Waals surface area contributed by atoms with E-state index in [9.17, 15) is 4.79 Å². The first kappa shape index (κ1) is 10.2. The molecule has 0 N–H and O–H groups in total. The van der Waals surface area contributed by atoms with Crippen LogP contribution >= 0.6 is 0 Å². The lowest BCUT2D eigenvalue weighted by Crippen LogP contribution is -2.23. The van der Waals surface area contributed by atoms with Crippen LogP contribution in [0.15, 0.2) is 17.4 Å². The fourth-order valence-corrected chi connectivity index (χ4v) is 2.31. The Balaban J connectivity index is 2.40. The molecule has 1 fully saturated rings. The van der Waals surface area contributed by atoms with E-state index >= 15 is 0 Å². The van der Waals surface area contributed by atoms with Gasteiger partial charge in [-0.1, -0.05) is 18.9 Å². The summed E-state index contributed by atoms with van der Waals surface area (Å²) in [5.74, 6) is 1.42. The second-order valence-corrected chi connectivity index (χ2v) is 4.15. The standard InChI is InChI=1S/C11H17N3O/c1-3-8-14-10(9-6-4-5-7-9)12-13(2)11(14)15/h3,9H,1,4-8H2,2H3. The molecule has 4 nitrogen and oxygen atoms in total. The van der Waals surface area contributed by atoms with E-state index in [0.29, 0.717) is 12.5 Å². The van der Waals surface area contributed by atoms with Crippen LogP contribution in [0.4, 0.5) is 0 Å². The zero-order valence-corrected chi connectivity index (χ0v) is 9.15. The molecule has 1 aliphatic rings. The molecule has 15 heavy (non-hydrogen) atoms. The molecule has 1 heterocycles. The molecule has 2 rings (SSSR count). The Labute approximate surface area is 89.2 Å². The van der Waals surface area contributed by atoms with Crippen molar-refractivity contribution in [1.29, 1.82) is 0 Å². The maximum absolute atomic E-state index is 11.8. The normalized spacial score (nSPS) is 17.1. The summed E-state index contributed by atoms with van der Waals surface area (Å²) in [5, 5.41) is 4.33. The molecule has 1 aromatic rings. The average molecular weight is 207 g/mol. The minimum atomic E-state index is -0.0307. The quantitative estimate of drug-likeness (QED) is 0.703. The van der Waals surface area contributed by atoms with Gasteiger partial charge in [0.05, 0.1) is 0 Å². The van der Waals surface area contributed by atoms with Crippen molar-refractivity contribution in [2.24, 2.45) is 7.05 Å². The SMILES string of the molecule is C=CCn1c(C2CCCC2)nn(C)c1=O. The van der Waals surface area contributed by atoms with Crippen LogP contribution in [0.25, 0.3) is 0 Å². The molecule has 4 heteroatoms. The van der Waals surface area contributed by atoms with Gasteiger partial charge in [0.15, 0.2) is 0 Å². The van der Waals surface area contributed by atoms with Crippen molar-refractivity contribution in [3.05, 3.63) is 29.0 Å². The van der Waals surface area contributed by atoms with E-state index in [4.69, 9.17) is 0 Å². The predicted octanol–water partition coefficient (Wildman–Crippen LogP) is 1.43. The predicted molar refractivity (Wildman–Crippen MR) is 58.9 cm³/mol. The molecule has 0 aromatic carbocycles. The Hall–Kier alpha value is -1.32. The molecule has 1 saturated carbocycles. The smallest absolute Gasteiger partial charge is 0.275 e. The van der Waals surface area contributed by atoms with Gasteiger partial charge in [-0.25, -0.2) is 9.48 Å². The lowest BCUT2D eigenvalue weighted by Gasteiger charge is -2.08. The molecule has 1 aliphatic carbocycles. The topological polar surface area (TPSA) is 39.8 Å². The maximum Gasteiger partial charge on any atom is 0.345 e. The third-order valence-electron chi connectivity index (χ3n) is 3.07. The minimum absolute atomic E-state index is 0.0307. The van der Waals surface area contributed by atoms with E-state index in [1.165, 1.54) is 17.5 Å². The Morgan fingerprint density at radius 2 is 2.20 bits per heavy atom. The highest BCUT2D eigenvalue weighted by Gasteiger charge is 2.23. The summed E-state index contributed by atoms with van der Waals surface area (Å²) in [5.41, 5.74) is -0.0307. The minimum Gasteiger partial charge on any atom is -0.275 e. The van der Waals surface area contributed by atoms with Crippen LogP contribution in [0.1, 0.15) is 37.4 Å². The highest BCUT2D eigenvalue weighted by Crippen LogP contribution is 2.32. The number of aromatic nitrogens is 3. The second kappa shape index (κ2) is 4.04. The van der Waals surface area contributed by atoms with Gasteiger partial charge in [-0.3, -0.25) is 4.57 Å². The van der Waals surface area contributed by atoms with Crippen LogP contribution in [0, 0.1) is 0 Å². The molecule has 82 valence electrons. The Bertz CT molecular complexity index is 410. The number of hydrogen-bond donors (Lipinski definition) is 0. The highest BCUT2D eigenvalue weighted by atomic mass is 16.2. The fourth-order valence-electron chi connectivity index (χ4n) is 2.31. The number of allylic oxidation sites excluding steroid dienone is 1. The van der Waals surface area contributed by atoms with Crippen molar-refractivity contribution in [1.82, 2.24) is 14.3 Å². The first-order valence-electron chi connectivity index (χ1n) is 5.48. The summed E-state index contributed by atoms with van der Waals surface area (Å²) >= 11 is 0. The first-order chi connectivity index (χ1) is 7.24. The van der Waals surface area contributed by atoms with Gasteiger partial charge >= 0.3 is 5.69 Å². The van der Waals surface area contributed by atoms with E-state index in [1.807, 2.05) is 0 Å². The third-order valence-corrected chi connectivity index (χ3v) is 3.07. The molecular formula is C11H17N3O. The van der Waals surface area contributed by atoms with Crippen LogP contribution < -0.4 is 5.69 Å². The summed E-state index contributed by atoms with van der Waals surface area (Å²) in [4.78, 5) is 11.8. The molecule has 0 atom stereocenters. The first-order valence-corrected chi connectivity index (χ1v) is 5.48. The van der Waals surface area contributed by atoms with Crippen LogP contribution in [0.5, 0.6) is 0 Å². The van der Waals surface area contributed by atoms with Crippen LogP contribution in [0.2, 0.25) is 0 Å². The number of rotatable bonds is 3. The van der Waals surface area contributed by atoms with Crippen molar-refractivity contribution in [3.63, 3.8) is 0 Å². The zero-order valence-electron chi connectivity index (χ0n) is 9.15. The molecule has 1 aromatic heterocycles. The molecule has 0 amide bonds. The highest BCUT2D eigenvalue weighted by molar-refractivity contribution is 5.00. The van der Waals surface area contributed by atoms with Gasteiger partial charge in [-0.2, -0.15) is 5.10 Å². The van der Waals surface area contributed by atoms with E-state index in [0.717, 1.165) is 18.7 Å². The van der Waals surface area contributed by atoms with Gasteiger partial charge in [0, 0.05) is 19.5 Å². The number of aryl methyl sites for hydroxylation is 1. The van der Waals surface area contributed by atoms with Crippen molar-refractivity contribution in [2.75, 3.05) is 0 Å². The summed E-state index contributed by atoms with van der Waals surface area (Å²) in [6, 6.07) is 0. The zero-order chi connectivity index (χ0) is 10.8. The number of hydrogen-bond acceptors (Lipinski definition) is 2. The maximum atomic E-state index is 11.8. The Morgan fingerprint density at radius 3 is 2.80 bits per heavy atom. The van der Waals surface area contributed by atoms with Gasteiger partial charge in [0.1, 0.15) is 5.82 Å². The van der Waals surface area contributed by atoms with E-state index < -0.39 is 0 Å². The monoisotopic (exact) mass is 207 g/mol. The average Bonchev–Trinajstić information content (AvgIpc) is 2.81. The molecule has 0 saturated heterocycles. The van der Waals surface area contributed by atoms with Gasteiger partial charge in [0.2, 0.25) is 0 Å². The van der Waals surface area contributed by atoms with Crippen molar-refractivity contribution in [3.8, 4) is 0 Å². The van der Waals surface area contributed by atoms with Gasteiger partial charge in [0.25, 0.3) is 0 Å². The fraction of sp³-hybridized carbons (Fsp3) is 0.636. The molecule has 0 spiro atoms. The lowest BCUT2D eigenvalue weighted by molar-refractivity contribution is 0.606. The Morgan fingerprint density at radius 1 is 1.53 bits per heavy atom. The summed E-state index contributed by atoms with van der Waals surface area (Å²) < 4.78 is 3.17. The Kier molecular flexibility index (Phi) is 2.75. The third kappa shape index (κ3) is 1.76. The van der Waals surface area contributed by atoms with Gasteiger partial charge in [-0.05, 0) is 12.8 Å². The van der Waals surface area contributed by atoms with Crippen molar-refractivity contribution in [2.45, 2.75) is 38.1 Å². The van der Waals surface area contributed by atoms with Gasteiger partial charge < -0.3 is 0 Å². The van der Waals surface area contributed by atoms with Crippen molar-refractivity contribution >= 4 is 0 Å². The summed E-state index contributed by atoms with van der Waals surface area (Å²) in [6.45, 7) is 4.25. The summed E-state index contributed by atoms with van der Waals surface area (Å²) in [7, 11) is 1.71. The molecule has 0 aliphatic heterocycles. The summed E-state index contributed by atoms with van der Waals surface area (Å²) in [6.07, 6.45) is 6.58. The molecule has 0 unspecified atom stereocenters. The lowest BCUT2D eigenvalue weighted by atomic mass is 10.1. The second-order valence-electron chi connectivity index (χ2n) is 4.15. The van der Waals surface area contributed by atoms with Gasteiger partial charge in [-0.15, -0.1) is 6.58 Å². The molecule has 0 radical (unpaired) electrons. The van der Waals surface area contributed by atoms with Crippen molar-refractivity contribution < 1.29 is 0 Å². The number of nitrogens with zero attached hydrogens (tertiary/aromatic N) is 3. The molecular weight excluding hydrogens is 190 g/mol. The van der Waals surface area contributed by atoms with Crippen LogP contribution in [0.3, 0.4) is 0 Å². The van der Waals surface area contributed by atoms with Crippen LogP contribution in [-0.4, -0.2) is 14.3 Å². The largest absolute Gasteiger partial charge is 0.345 e. The van der Waals surface area contributed by atoms with E-state index in [2.05, 4.69) is 11.7 Å². The van der Waals surface area contributed by atoms with E-state index in [1.54, 1.807) is 17.7 Å².